The second-order valence-corrected chi connectivity index (χ2v) is 8.54. The molecule has 0 aliphatic carbocycles. The number of alkyl halides is 3. The molecule has 0 spiro atoms. The Morgan fingerprint density at radius 3 is 2.42 bits per heavy atom. The quantitative estimate of drug-likeness (QED) is 0.597. The molecule has 2 aliphatic rings. The molecule has 4 heterocycles. The van der Waals surface area contributed by atoms with Crippen LogP contribution in [0.2, 0.25) is 0 Å². The van der Waals surface area contributed by atoms with E-state index in [0.717, 1.165) is 17.7 Å². The second-order valence-electron chi connectivity index (χ2n) is 8.54. The zero-order valence-corrected chi connectivity index (χ0v) is 18.0. The Kier molecular flexibility index (Phi) is 5.55. The van der Waals surface area contributed by atoms with Crippen molar-refractivity contribution in [2.75, 3.05) is 24.5 Å². The van der Waals surface area contributed by atoms with E-state index in [-0.39, 0.29) is 24.8 Å². The van der Waals surface area contributed by atoms with Crippen molar-refractivity contribution >= 4 is 11.7 Å². The van der Waals surface area contributed by atoms with Gasteiger partial charge in [-0.2, -0.15) is 13.2 Å². The molecule has 1 amide bonds. The predicted molar refractivity (Wildman–Crippen MR) is 117 cm³/mol. The number of nitrogens with zero attached hydrogens (tertiary/aromatic N) is 5. The standard InChI is InChI=1S/C24H24F3N5O/c25-24(26,27)20-5-3-4-18-15-32(13-8-19(18)20)23(33)17-6-11-31(12-7-17)22-14-21(28-16-29-22)30-9-1-2-10-30/h1-5,9-10,14,16-17H,6-8,11-13,15H2. The molecule has 2 aromatic heterocycles. The van der Waals surface area contributed by atoms with E-state index in [4.69, 9.17) is 0 Å². The van der Waals surface area contributed by atoms with Gasteiger partial charge in [-0.15, -0.1) is 0 Å². The van der Waals surface area contributed by atoms with E-state index >= 15 is 0 Å². The van der Waals surface area contributed by atoms with Crippen molar-refractivity contribution in [3.63, 3.8) is 0 Å². The van der Waals surface area contributed by atoms with Crippen molar-refractivity contribution in [2.24, 2.45) is 5.92 Å². The molecule has 0 bridgehead atoms. The topological polar surface area (TPSA) is 54.3 Å². The summed E-state index contributed by atoms with van der Waals surface area (Å²) in [5.74, 6) is 1.52. The first-order valence-electron chi connectivity index (χ1n) is 11.1. The van der Waals surface area contributed by atoms with Crippen LogP contribution in [0.3, 0.4) is 0 Å². The highest BCUT2D eigenvalue weighted by Gasteiger charge is 2.37. The van der Waals surface area contributed by atoms with E-state index in [1.165, 1.54) is 6.07 Å². The van der Waals surface area contributed by atoms with Crippen LogP contribution in [0.25, 0.3) is 5.82 Å². The van der Waals surface area contributed by atoms with Crippen molar-refractivity contribution in [2.45, 2.75) is 32.0 Å². The number of carbonyl (C=O) groups excluding carboxylic acids is 1. The first kappa shape index (κ1) is 21.5. The van der Waals surface area contributed by atoms with Crippen molar-refractivity contribution < 1.29 is 18.0 Å². The highest BCUT2D eigenvalue weighted by atomic mass is 19.4. The monoisotopic (exact) mass is 455 g/mol. The number of benzene rings is 1. The fraction of sp³-hybridized carbons (Fsp3) is 0.375. The smallest absolute Gasteiger partial charge is 0.356 e. The Labute approximate surface area is 189 Å². The van der Waals surface area contributed by atoms with Crippen LogP contribution in [0, 0.1) is 5.92 Å². The molecule has 0 saturated carbocycles. The van der Waals surface area contributed by atoms with Gasteiger partial charge in [-0.25, -0.2) is 9.97 Å². The molecule has 2 aliphatic heterocycles. The maximum atomic E-state index is 13.3. The Balaban J connectivity index is 1.23. The zero-order chi connectivity index (χ0) is 23.0. The summed E-state index contributed by atoms with van der Waals surface area (Å²) in [6.07, 6.45) is 2.63. The molecular weight excluding hydrogens is 431 g/mol. The van der Waals surface area contributed by atoms with Gasteiger partial charge in [-0.05, 0) is 48.6 Å². The molecule has 0 atom stereocenters. The lowest BCUT2D eigenvalue weighted by Gasteiger charge is -2.37. The normalized spacial score (nSPS) is 17.2. The molecule has 33 heavy (non-hydrogen) atoms. The van der Waals surface area contributed by atoms with Crippen LogP contribution >= 0.6 is 0 Å². The number of hydrogen-bond acceptors (Lipinski definition) is 4. The van der Waals surface area contributed by atoms with Gasteiger partial charge in [0.15, 0.2) is 0 Å². The third-order valence-corrected chi connectivity index (χ3v) is 6.56. The SMILES string of the molecule is O=C(C1CCN(c2cc(-n3cccc3)ncn2)CC1)N1CCc2c(cccc2C(F)(F)F)C1. The van der Waals surface area contributed by atoms with Crippen LogP contribution in [0.5, 0.6) is 0 Å². The van der Waals surface area contributed by atoms with Crippen LogP contribution < -0.4 is 4.90 Å². The van der Waals surface area contributed by atoms with Gasteiger partial charge >= 0.3 is 6.18 Å². The summed E-state index contributed by atoms with van der Waals surface area (Å²) in [5, 5.41) is 0. The highest BCUT2D eigenvalue weighted by molar-refractivity contribution is 5.79. The fourth-order valence-electron chi connectivity index (χ4n) is 4.82. The van der Waals surface area contributed by atoms with Crippen molar-refractivity contribution in [3.05, 3.63) is 71.8 Å². The molecule has 3 aromatic rings. The minimum atomic E-state index is -4.37. The average Bonchev–Trinajstić information content (AvgIpc) is 3.38. The Hall–Kier alpha value is -3.36. The van der Waals surface area contributed by atoms with Crippen LogP contribution in [-0.2, 0) is 23.9 Å². The largest absolute Gasteiger partial charge is 0.416 e. The van der Waals surface area contributed by atoms with E-state index in [1.807, 2.05) is 35.2 Å². The summed E-state index contributed by atoms with van der Waals surface area (Å²) in [4.78, 5) is 25.7. The van der Waals surface area contributed by atoms with E-state index in [1.54, 1.807) is 17.3 Å². The lowest BCUT2D eigenvalue weighted by Crippen LogP contribution is -2.44. The van der Waals surface area contributed by atoms with Gasteiger partial charge in [0.1, 0.15) is 18.0 Å². The van der Waals surface area contributed by atoms with Gasteiger partial charge in [0, 0.05) is 50.6 Å². The molecule has 6 nitrogen and oxygen atoms in total. The van der Waals surface area contributed by atoms with E-state index in [0.29, 0.717) is 43.6 Å². The number of aromatic nitrogens is 3. The molecule has 0 unspecified atom stereocenters. The molecule has 0 radical (unpaired) electrons. The van der Waals surface area contributed by atoms with E-state index < -0.39 is 11.7 Å². The summed E-state index contributed by atoms with van der Waals surface area (Å²) in [6.45, 7) is 1.96. The van der Waals surface area contributed by atoms with Gasteiger partial charge in [-0.1, -0.05) is 12.1 Å². The lowest BCUT2D eigenvalue weighted by atomic mass is 9.91. The molecule has 0 N–H and O–H groups in total. The van der Waals surface area contributed by atoms with E-state index in [2.05, 4.69) is 14.9 Å². The van der Waals surface area contributed by atoms with Crippen LogP contribution in [0.1, 0.15) is 29.5 Å². The first-order valence-corrected chi connectivity index (χ1v) is 11.1. The van der Waals surface area contributed by atoms with Crippen LogP contribution in [0.15, 0.2) is 55.1 Å². The second kappa shape index (κ2) is 8.53. The number of amides is 1. The first-order chi connectivity index (χ1) is 15.9. The zero-order valence-electron chi connectivity index (χ0n) is 18.0. The highest BCUT2D eigenvalue weighted by Crippen LogP contribution is 2.36. The maximum absolute atomic E-state index is 13.3. The molecule has 5 rings (SSSR count). The molecule has 9 heteroatoms. The van der Waals surface area contributed by atoms with Crippen LogP contribution in [-0.4, -0.2) is 45.0 Å². The van der Waals surface area contributed by atoms with Gasteiger partial charge < -0.3 is 14.4 Å². The Morgan fingerprint density at radius 2 is 1.70 bits per heavy atom. The van der Waals surface area contributed by atoms with Gasteiger partial charge in [0.25, 0.3) is 0 Å². The summed E-state index contributed by atoms with van der Waals surface area (Å²) < 4.78 is 41.8. The third kappa shape index (κ3) is 4.31. The van der Waals surface area contributed by atoms with Gasteiger partial charge in [0.05, 0.1) is 5.56 Å². The van der Waals surface area contributed by atoms with Crippen molar-refractivity contribution in [1.82, 2.24) is 19.4 Å². The van der Waals surface area contributed by atoms with Gasteiger partial charge in [0.2, 0.25) is 5.91 Å². The molecule has 1 fully saturated rings. The third-order valence-electron chi connectivity index (χ3n) is 6.56. The average molecular weight is 455 g/mol. The minimum Gasteiger partial charge on any atom is -0.356 e. The van der Waals surface area contributed by atoms with E-state index in [9.17, 15) is 18.0 Å². The summed E-state index contributed by atoms with van der Waals surface area (Å²) >= 11 is 0. The lowest BCUT2D eigenvalue weighted by molar-refractivity contribution is -0.139. The molecule has 1 saturated heterocycles. The Morgan fingerprint density at radius 1 is 0.970 bits per heavy atom. The number of anilines is 1. The number of halogens is 3. The molecule has 172 valence electrons. The van der Waals surface area contributed by atoms with Crippen LogP contribution in [0.4, 0.5) is 19.0 Å². The van der Waals surface area contributed by atoms with Crippen molar-refractivity contribution in [3.8, 4) is 5.82 Å². The maximum Gasteiger partial charge on any atom is 0.416 e. The van der Waals surface area contributed by atoms with Crippen molar-refractivity contribution in [1.29, 1.82) is 0 Å². The Bertz CT molecular complexity index is 1140. The summed E-state index contributed by atoms with van der Waals surface area (Å²) in [6, 6.07) is 10.0. The summed E-state index contributed by atoms with van der Waals surface area (Å²) in [5.41, 5.74) is 0.344. The minimum absolute atomic E-state index is 0.0356. The molecular formula is C24H24F3N5O. The predicted octanol–water partition coefficient (Wildman–Crippen LogP) is 4.09. The number of piperidine rings is 1. The van der Waals surface area contributed by atoms with Gasteiger partial charge in [-0.3, -0.25) is 4.79 Å². The number of carbonyl (C=O) groups is 1. The summed E-state index contributed by atoms with van der Waals surface area (Å²) in [7, 11) is 0. The number of fused-ring (bicyclic) bond motifs is 1. The number of rotatable bonds is 3. The number of hydrogen-bond donors (Lipinski definition) is 0. The molecule has 1 aromatic carbocycles. The fourth-order valence-corrected chi connectivity index (χ4v) is 4.82.